The molecule has 5 nitrogen and oxygen atoms in total. The van der Waals surface area contributed by atoms with Crippen molar-refractivity contribution in [1.29, 1.82) is 10.5 Å². The van der Waals surface area contributed by atoms with Crippen molar-refractivity contribution in [3.05, 3.63) is 66.9 Å². The third kappa shape index (κ3) is 4.36. The molecule has 0 bridgehead atoms. The molecule has 5 heteroatoms. The molecule has 1 aromatic rings. The molecule has 110 valence electrons. The molecule has 1 aromatic carbocycles. The van der Waals surface area contributed by atoms with Gasteiger partial charge in [0.05, 0.1) is 11.3 Å². The molecular formula is C17H16N4O. The number of nitrogens with zero attached hydrogens (tertiary/aromatic N) is 3. The molecule has 0 radical (unpaired) electrons. The molecule has 0 aromatic heterocycles. The van der Waals surface area contributed by atoms with Crippen molar-refractivity contribution < 1.29 is 4.79 Å². The first-order chi connectivity index (χ1) is 10.7. The second-order valence-corrected chi connectivity index (χ2v) is 4.26. The molecule has 22 heavy (non-hydrogen) atoms. The van der Waals surface area contributed by atoms with Crippen molar-refractivity contribution in [2.45, 2.75) is 0 Å². The Bertz CT molecular complexity index is 667. The van der Waals surface area contributed by atoms with E-state index >= 15 is 0 Å². The number of nitriles is 2. The van der Waals surface area contributed by atoms with Gasteiger partial charge in [-0.15, -0.1) is 13.2 Å². The number of benzene rings is 1. The van der Waals surface area contributed by atoms with Gasteiger partial charge in [-0.1, -0.05) is 24.3 Å². The largest absolute Gasteiger partial charge is 0.359 e. The predicted octanol–water partition coefficient (Wildman–Crippen LogP) is 2.58. The molecule has 0 aliphatic carbocycles. The lowest BCUT2D eigenvalue weighted by atomic mass is 10.2. The Hall–Kier alpha value is -3.31. The summed E-state index contributed by atoms with van der Waals surface area (Å²) < 4.78 is 0. The van der Waals surface area contributed by atoms with Crippen LogP contribution in [0.25, 0.3) is 0 Å². The van der Waals surface area contributed by atoms with Crippen molar-refractivity contribution in [2.75, 3.05) is 18.4 Å². The van der Waals surface area contributed by atoms with Gasteiger partial charge in [-0.25, -0.2) is 0 Å². The molecule has 0 saturated carbocycles. The van der Waals surface area contributed by atoms with E-state index in [0.29, 0.717) is 24.3 Å². The number of carbonyl (C=O) groups excluding carboxylic acids is 1. The van der Waals surface area contributed by atoms with Gasteiger partial charge in [0.25, 0.3) is 5.91 Å². The maximum absolute atomic E-state index is 12.3. The van der Waals surface area contributed by atoms with Crippen molar-refractivity contribution in [1.82, 2.24) is 4.90 Å². The number of rotatable bonds is 7. The maximum Gasteiger partial charge on any atom is 0.266 e. The van der Waals surface area contributed by atoms with Gasteiger partial charge in [0.2, 0.25) is 0 Å². The van der Waals surface area contributed by atoms with Crippen LogP contribution in [0.5, 0.6) is 0 Å². The van der Waals surface area contributed by atoms with Crippen molar-refractivity contribution in [2.24, 2.45) is 0 Å². The van der Waals surface area contributed by atoms with Crippen LogP contribution in [0.1, 0.15) is 5.56 Å². The predicted molar refractivity (Wildman–Crippen MR) is 85.4 cm³/mol. The van der Waals surface area contributed by atoms with Crippen LogP contribution in [-0.2, 0) is 4.79 Å². The number of nitrogens with one attached hydrogen (secondary N) is 1. The van der Waals surface area contributed by atoms with Crippen LogP contribution in [0.4, 0.5) is 5.69 Å². The zero-order chi connectivity index (χ0) is 16.4. The van der Waals surface area contributed by atoms with Gasteiger partial charge in [-0.2, -0.15) is 10.5 Å². The van der Waals surface area contributed by atoms with E-state index in [1.165, 1.54) is 11.1 Å². The molecule has 1 N–H and O–H groups in total. The molecular weight excluding hydrogens is 276 g/mol. The monoisotopic (exact) mass is 292 g/mol. The topological polar surface area (TPSA) is 79.9 Å². The summed E-state index contributed by atoms with van der Waals surface area (Å²) >= 11 is 0. The summed E-state index contributed by atoms with van der Waals surface area (Å²) in [5, 5.41) is 21.0. The molecule has 0 atom stereocenters. The molecule has 1 rings (SSSR count). The number of hydrogen-bond donors (Lipinski definition) is 1. The first-order valence-corrected chi connectivity index (χ1v) is 6.55. The van der Waals surface area contributed by atoms with E-state index in [-0.39, 0.29) is 5.57 Å². The van der Waals surface area contributed by atoms with Gasteiger partial charge >= 0.3 is 0 Å². The van der Waals surface area contributed by atoms with Crippen LogP contribution < -0.4 is 5.32 Å². The molecule has 0 fully saturated rings. The zero-order valence-corrected chi connectivity index (χ0v) is 12.1. The highest BCUT2D eigenvalue weighted by Crippen LogP contribution is 2.14. The third-order valence-electron chi connectivity index (χ3n) is 2.76. The lowest BCUT2D eigenvalue weighted by Gasteiger charge is -2.18. The highest BCUT2D eigenvalue weighted by molar-refractivity contribution is 5.97. The average Bonchev–Trinajstić information content (AvgIpc) is 2.55. The number of hydrogen-bond acceptors (Lipinski definition) is 4. The number of amides is 1. The highest BCUT2D eigenvalue weighted by atomic mass is 16.2. The minimum absolute atomic E-state index is 0.0588. The van der Waals surface area contributed by atoms with Gasteiger partial charge < -0.3 is 10.2 Å². The number of para-hydroxylation sites is 1. The molecule has 0 spiro atoms. The summed E-state index contributed by atoms with van der Waals surface area (Å²) in [6.07, 6.45) is 4.46. The summed E-state index contributed by atoms with van der Waals surface area (Å²) in [4.78, 5) is 13.7. The summed E-state index contributed by atoms with van der Waals surface area (Å²) in [6, 6.07) is 10.7. The lowest BCUT2D eigenvalue weighted by Crippen LogP contribution is -2.32. The average molecular weight is 292 g/mol. The normalized spacial score (nSPS) is 10.0. The van der Waals surface area contributed by atoms with E-state index < -0.39 is 5.91 Å². The zero-order valence-electron chi connectivity index (χ0n) is 12.1. The van der Waals surface area contributed by atoms with Gasteiger partial charge in [0.1, 0.15) is 17.7 Å². The summed E-state index contributed by atoms with van der Waals surface area (Å²) in [6.45, 7) is 7.80. The molecule has 0 heterocycles. The number of anilines is 1. The second kappa shape index (κ2) is 8.78. The van der Waals surface area contributed by atoms with Crippen LogP contribution in [0.15, 0.2) is 61.3 Å². The Morgan fingerprint density at radius 3 is 2.41 bits per heavy atom. The molecule has 0 aliphatic rings. The first kappa shape index (κ1) is 16.7. The fourth-order valence-electron chi connectivity index (χ4n) is 1.72. The van der Waals surface area contributed by atoms with Gasteiger partial charge in [-0.3, -0.25) is 4.79 Å². The van der Waals surface area contributed by atoms with Crippen LogP contribution in [-0.4, -0.2) is 23.9 Å². The standard InChI is InChI=1S/C17H16N4O/c1-3-9-21(10-4-2)17(22)15(12-19)13-20-16-8-6-5-7-14(16)11-18/h3-8,13,20H,1-2,9-10H2/b15-13-. The van der Waals surface area contributed by atoms with E-state index in [0.717, 1.165) is 0 Å². The second-order valence-electron chi connectivity index (χ2n) is 4.26. The Balaban J connectivity index is 2.97. The minimum Gasteiger partial charge on any atom is -0.359 e. The van der Waals surface area contributed by atoms with Crippen LogP contribution in [0.3, 0.4) is 0 Å². The van der Waals surface area contributed by atoms with Gasteiger partial charge in [0, 0.05) is 19.3 Å². The van der Waals surface area contributed by atoms with E-state index in [1.807, 2.05) is 12.1 Å². The van der Waals surface area contributed by atoms with E-state index in [9.17, 15) is 4.79 Å². The van der Waals surface area contributed by atoms with Crippen LogP contribution >= 0.6 is 0 Å². The van der Waals surface area contributed by atoms with E-state index in [1.54, 1.807) is 36.4 Å². The highest BCUT2D eigenvalue weighted by Gasteiger charge is 2.16. The Kier molecular flexibility index (Phi) is 6.68. The molecule has 0 aliphatic heterocycles. The van der Waals surface area contributed by atoms with Gasteiger partial charge in [0.15, 0.2) is 0 Å². The Morgan fingerprint density at radius 2 is 1.86 bits per heavy atom. The van der Waals surface area contributed by atoms with Crippen LogP contribution in [0, 0.1) is 22.7 Å². The van der Waals surface area contributed by atoms with Gasteiger partial charge in [-0.05, 0) is 12.1 Å². The Labute approximate surface area is 130 Å². The van der Waals surface area contributed by atoms with E-state index in [4.69, 9.17) is 10.5 Å². The minimum atomic E-state index is -0.427. The van der Waals surface area contributed by atoms with Crippen molar-refractivity contribution >= 4 is 11.6 Å². The Morgan fingerprint density at radius 1 is 1.23 bits per heavy atom. The summed E-state index contributed by atoms with van der Waals surface area (Å²) in [7, 11) is 0. The smallest absolute Gasteiger partial charge is 0.266 e. The first-order valence-electron chi connectivity index (χ1n) is 6.55. The van der Waals surface area contributed by atoms with Crippen LogP contribution in [0.2, 0.25) is 0 Å². The maximum atomic E-state index is 12.3. The van der Waals surface area contributed by atoms with E-state index in [2.05, 4.69) is 18.5 Å². The number of carbonyl (C=O) groups is 1. The quantitative estimate of drug-likeness (QED) is 0.476. The summed E-state index contributed by atoms with van der Waals surface area (Å²) in [5.74, 6) is -0.427. The summed E-state index contributed by atoms with van der Waals surface area (Å²) in [5.41, 5.74) is 0.901. The van der Waals surface area contributed by atoms with Crippen molar-refractivity contribution in [3.8, 4) is 12.1 Å². The fourth-order valence-corrected chi connectivity index (χ4v) is 1.72. The lowest BCUT2D eigenvalue weighted by molar-refractivity contribution is -0.125. The molecule has 0 unspecified atom stereocenters. The SMILES string of the molecule is C=CCN(CC=C)C(=O)/C(C#N)=C\Nc1ccccc1C#N. The van der Waals surface area contributed by atoms with Crippen molar-refractivity contribution in [3.63, 3.8) is 0 Å². The molecule has 1 amide bonds. The molecule has 0 saturated heterocycles. The third-order valence-corrected chi connectivity index (χ3v) is 2.76. The fraction of sp³-hybridized carbons (Fsp3) is 0.118.